The van der Waals surface area contributed by atoms with Crippen molar-refractivity contribution in [3.63, 3.8) is 0 Å². The Balaban J connectivity index is 1.58. The van der Waals surface area contributed by atoms with Gasteiger partial charge in [0.05, 0.1) is 26.5 Å². The molecule has 0 atom stereocenters. The quantitative estimate of drug-likeness (QED) is 0.863. The number of anilines is 2. The van der Waals surface area contributed by atoms with E-state index in [1.165, 1.54) is 0 Å². The Morgan fingerprint density at radius 1 is 1.26 bits per heavy atom. The van der Waals surface area contributed by atoms with Crippen LogP contribution in [0.25, 0.3) is 0 Å². The van der Waals surface area contributed by atoms with Crippen molar-refractivity contribution in [3.05, 3.63) is 36.0 Å². The number of aromatic nitrogens is 3. The maximum atomic E-state index is 5.36. The maximum absolute atomic E-state index is 5.36. The number of methoxy groups -OCH3 is 1. The minimum Gasteiger partial charge on any atom is -0.496 e. The van der Waals surface area contributed by atoms with Gasteiger partial charge in [-0.05, 0) is 18.1 Å². The van der Waals surface area contributed by atoms with Crippen LogP contribution in [0.5, 0.6) is 5.75 Å². The van der Waals surface area contributed by atoms with Gasteiger partial charge in [-0.25, -0.2) is 0 Å². The Morgan fingerprint density at radius 3 is 2.91 bits per heavy atom. The normalized spacial score (nSPS) is 14.6. The van der Waals surface area contributed by atoms with Crippen molar-refractivity contribution < 1.29 is 9.47 Å². The van der Waals surface area contributed by atoms with Crippen LogP contribution in [0.3, 0.4) is 0 Å². The van der Waals surface area contributed by atoms with Crippen LogP contribution in [0.15, 0.2) is 30.5 Å². The third-order valence-corrected chi connectivity index (χ3v) is 3.75. The molecule has 0 amide bonds. The van der Waals surface area contributed by atoms with E-state index in [4.69, 9.17) is 9.47 Å². The zero-order valence-corrected chi connectivity index (χ0v) is 13.2. The summed E-state index contributed by atoms with van der Waals surface area (Å²) in [5.74, 6) is 2.28. The first-order valence-electron chi connectivity index (χ1n) is 7.75. The Bertz CT molecular complexity index is 631. The lowest BCUT2D eigenvalue weighted by molar-refractivity contribution is 0.122. The highest BCUT2D eigenvalue weighted by molar-refractivity contribution is 5.41. The van der Waals surface area contributed by atoms with Crippen molar-refractivity contribution in [2.45, 2.75) is 6.42 Å². The van der Waals surface area contributed by atoms with Gasteiger partial charge < -0.3 is 19.7 Å². The molecule has 122 valence electrons. The molecule has 0 saturated carbocycles. The molecule has 0 bridgehead atoms. The number of hydrogen-bond acceptors (Lipinski definition) is 7. The molecule has 1 aliphatic heterocycles. The van der Waals surface area contributed by atoms with Gasteiger partial charge in [0.2, 0.25) is 5.95 Å². The van der Waals surface area contributed by atoms with E-state index in [-0.39, 0.29) is 0 Å². The first-order chi connectivity index (χ1) is 11.4. The minimum atomic E-state index is 0.545. The van der Waals surface area contributed by atoms with Crippen molar-refractivity contribution in [1.29, 1.82) is 0 Å². The molecule has 3 rings (SSSR count). The third kappa shape index (κ3) is 4.07. The summed E-state index contributed by atoms with van der Waals surface area (Å²) in [6, 6.07) is 8.00. The lowest BCUT2D eigenvalue weighted by atomic mass is 10.1. The van der Waals surface area contributed by atoms with E-state index in [2.05, 4.69) is 31.5 Å². The number of nitrogens with one attached hydrogen (secondary N) is 1. The average molecular weight is 315 g/mol. The van der Waals surface area contributed by atoms with Crippen LogP contribution in [0.1, 0.15) is 5.56 Å². The molecule has 7 heteroatoms. The Labute approximate surface area is 135 Å². The predicted molar refractivity (Wildman–Crippen MR) is 88.0 cm³/mol. The number of rotatable bonds is 6. The van der Waals surface area contributed by atoms with E-state index in [0.717, 1.165) is 49.9 Å². The van der Waals surface area contributed by atoms with Crippen LogP contribution >= 0.6 is 0 Å². The van der Waals surface area contributed by atoms with E-state index in [1.54, 1.807) is 13.3 Å². The van der Waals surface area contributed by atoms with Crippen LogP contribution in [0.2, 0.25) is 0 Å². The first-order valence-corrected chi connectivity index (χ1v) is 7.75. The number of benzene rings is 1. The number of nitrogens with zero attached hydrogens (tertiary/aromatic N) is 4. The Kier molecular flexibility index (Phi) is 5.21. The molecule has 7 nitrogen and oxygen atoms in total. The summed E-state index contributed by atoms with van der Waals surface area (Å²) in [4.78, 5) is 6.68. The van der Waals surface area contributed by atoms with Gasteiger partial charge in [0.1, 0.15) is 5.75 Å². The minimum absolute atomic E-state index is 0.545. The molecule has 1 fully saturated rings. The van der Waals surface area contributed by atoms with Crippen molar-refractivity contribution >= 4 is 11.8 Å². The van der Waals surface area contributed by atoms with Crippen molar-refractivity contribution in [2.75, 3.05) is 50.2 Å². The lowest BCUT2D eigenvalue weighted by Crippen LogP contribution is -2.37. The highest BCUT2D eigenvalue weighted by atomic mass is 16.5. The summed E-state index contributed by atoms with van der Waals surface area (Å²) in [6.45, 7) is 3.83. The number of para-hydroxylation sites is 1. The average Bonchev–Trinajstić information content (AvgIpc) is 2.63. The Morgan fingerprint density at radius 2 is 2.09 bits per heavy atom. The smallest absolute Gasteiger partial charge is 0.244 e. The second kappa shape index (κ2) is 7.73. The SMILES string of the molecule is COc1ccccc1CCNc1nncc(N2CCOCC2)n1. The molecule has 1 aromatic heterocycles. The molecule has 1 N–H and O–H groups in total. The van der Waals surface area contributed by atoms with Crippen molar-refractivity contribution in [3.8, 4) is 5.75 Å². The predicted octanol–water partition coefficient (Wildman–Crippen LogP) is 1.37. The number of morpholine rings is 1. The summed E-state index contributed by atoms with van der Waals surface area (Å²) < 4.78 is 10.7. The fourth-order valence-electron chi connectivity index (χ4n) is 2.53. The largest absolute Gasteiger partial charge is 0.496 e. The van der Waals surface area contributed by atoms with Gasteiger partial charge in [-0.15, -0.1) is 5.10 Å². The maximum Gasteiger partial charge on any atom is 0.244 e. The topological polar surface area (TPSA) is 72.4 Å². The van der Waals surface area contributed by atoms with E-state index in [9.17, 15) is 0 Å². The van der Waals surface area contributed by atoms with Gasteiger partial charge in [-0.1, -0.05) is 18.2 Å². The summed E-state index contributed by atoms with van der Waals surface area (Å²) in [5.41, 5.74) is 1.15. The summed E-state index contributed by atoms with van der Waals surface area (Å²) in [7, 11) is 1.69. The molecule has 1 saturated heterocycles. The molecule has 0 aliphatic carbocycles. The fourth-order valence-corrected chi connectivity index (χ4v) is 2.53. The molecule has 0 radical (unpaired) electrons. The molecule has 1 aromatic carbocycles. The standard InChI is InChI=1S/C16H21N5O2/c1-22-14-5-3-2-4-13(14)6-7-17-16-19-15(12-18-20-16)21-8-10-23-11-9-21/h2-5,12H,6-11H2,1H3,(H,17,19,20). The third-order valence-electron chi connectivity index (χ3n) is 3.75. The fraction of sp³-hybridized carbons (Fsp3) is 0.438. The van der Waals surface area contributed by atoms with Gasteiger partial charge >= 0.3 is 0 Å². The van der Waals surface area contributed by atoms with Crippen LogP contribution < -0.4 is 15.0 Å². The summed E-state index contributed by atoms with van der Waals surface area (Å²) >= 11 is 0. The molecular formula is C16H21N5O2. The molecule has 23 heavy (non-hydrogen) atoms. The molecule has 2 aromatic rings. The molecule has 0 unspecified atom stereocenters. The van der Waals surface area contributed by atoms with Crippen LogP contribution in [0.4, 0.5) is 11.8 Å². The highest BCUT2D eigenvalue weighted by Gasteiger charge is 2.13. The van der Waals surface area contributed by atoms with E-state index < -0.39 is 0 Å². The zero-order valence-electron chi connectivity index (χ0n) is 13.2. The van der Waals surface area contributed by atoms with E-state index >= 15 is 0 Å². The van der Waals surface area contributed by atoms with Crippen LogP contribution in [0, 0.1) is 0 Å². The summed E-state index contributed by atoms with van der Waals surface area (Å²) in [5, 5.41) is 11.3. The monoisotopic (exact) mass is 315 g/mol. The highest BCUT2D eigenvalue weighted by Crippen LogP contribution is 2.18. The van der Waals surface area contributed by atoms with Crippen molar-refractivity contribution in [2.24, 2.45) is 0 Å². The van der Waals surface area contributed by atoms with Crippen LogP contribution in [-0.4, -0.2) is 55.1 Å². The van der Waals surface area contributed by atoms with Crippen molar-refractivity contribution in [1.82, 2.24) is 15.2 Å². The molecule has 1 aliphatic rings. The molecule has 2 heterocycles. The van der Waals surface area contributed by atoms with E-state index in [1.807, 2.05) is 18.2 Å². The second-order valence-corrected chi connectivity index (χ2v) is 5.23. The van der Waals surface area contributed by atoms with Gasteiger partial charge in [0.15, 0.2) is 5.82 Å². The molecular weight excluding hydrogens is 294 g/mol. The van der Waals surface area contributed by atoms with Gasteiger partial charge in [0, 0.05) is 19.6 Å². The first kappa shape index (κ1) is 15.5. The van der Waals surface area contributed by atoms with Gasteiger partial charge in [0.25, 0.3) is 0 Å². The second-order valence-electron chi connectivity index (χ2n) is 5.23. The van der Waals surface area contributed by atoms with Crippen LogP contribution in [-0.2, 0) is 11.2 Å². The van der Waals surface area contributed by atoms with Gasteiger partial charge in [-0.3, -0.25) is 0 Å². The molecule has 0 spiro atoms. The summed E-state index contributed by atoms with van der Waals surface area (Å²) in [6.07, 6.45) is 2.52. The Hall–Kier alpha value is -2.41. The number of ether oxygens (including phenoxy) is 2. The van der Waals surface area contributed by atoms with Gasteiger partial charge in [-0.2, -0.15) is 10.1 Å². The van der Waals surface area contributed by atoms with E-state index in [0.29, 0.717) is 12.5 Å². The number of hydrogen-bond donors (Lipinski definition) is 1. The zero-order chi connectivity index (χ0) is 15.9. The lowest BCUT2D eigenvalue weighted by Gasteiger charge is -2.27.